The number of hydrogen-bond acceptors (Lipinski definition) is 4. The third-order valence-electron chi connectivity index (χ3n) is 4.33. The Labute approximate surface area is 152 Å². The number of rotatable bonds is 3. The summed E-state index contributed by atoms with van der Waals surface area (Å²) in [6.07, 6.45) is 2.54. The van der Waals surface area contributed by atoms with Crippen molar-refractivity contribution in [2.75, 3.05) is 0 Å². The number of nitriles is 1. The molecule has 0 fully saturated rings. The molecule has 1 heterocycles. The molecule has 3 rings (SSSR count). The molecule has 26 heavy (non-hydrogen) atoms. The van der Waals surface area contributed by atoms with Crippen LogP contribution in [0.2, 0.25) is 0 Å². The topological polar surface area (TPSA) is 70.4 Å². The van der Waals surface area contributed by atoms with Gasteiger partial charge in [0.05, 0.1) is 17.7 Å². The van der Waals surface area contributed by atoms with Crippen LogP contribution >= 0.6 is 0 Å². The molecule has 1 unspecified atom stereocenters. The van der Waals surface area contributed by atoms with E-state index in [1.165, 1.54) is 17.2 Å². The number of ketones is 1. The zero-order chi connectivity index (χ0) is 18.5. The van der Waals surface area contributed by atoms with Gasteiger partial charge in [-0.15, -0.1) is 0 Å². The highest BCUT2D eigenvalue weighted by Crippen LogP contribution is 2.31. The number of nitrogens with zero attached hydrogens (tertiary/aromatic N) is 2. The van der Waals surface area contributed by atoms with E-state index < -0.39 is 12.1 Å². The van der Waals surface area contributed by atoms with Gasteiger partial charge in [-0.1, -0.05) is 36.4 Å². The Morgan fingerprint density at radius 1 is 1.27 bits per heavy atom. The lowest BCUT2D eigenvalue weighted by molar-refractivity contribution is -0.116. The monoisotopic (exact) mass is 346 g/mol. The largest absolute Gasteiger partial charge is 0.444 e. The molecule has 0 spiro atoms. The van der Waals surface area contributed by atoms with Crippen LogP contribution in [0.25, 0.3) is 0 Å². The minimum absolute atomic E-state index is 0.0501. The lowest BCUT2D eigenvalue weighted by Crippen LogP contribution is -2.35. The van der Waals surface area contributed by atoms with E-state index in [1.54, 1.807) is 18.2 Å². The molecule has 1 aliphatic rings. The maximum Gasteiger partial charge on any atom is 0.414 e. The summed E-state index contributed by atoms with van der Waals surface area (Å²) < 4.78 is 5.41. The van der Waals surface area contributed by atoms with E-state index in [1.807, 2.05) is 37.3 Å². The fraction of sp³-hybridized carbons (Fsp3) is 0.190. The van der Waals surface area contributed by atoms with Crippen LogP contribution in [0, 0.1) is 18.3 Å². The van der Waals surface area contributed by atoms with Crippen LogP contribution in [0.5, 0.6) is 0 Å². The highest BCUT2D eigenvalue weighted by atomic mass is 16.6. The summed E-state index contributed by atoms with van der Waals surface area (Å²) in [7, 11) is 0. The van der Waals surface area contributed by atoms with Crippen LogP contribution < -0.4 is 0 Å². The zero-order valence-corrected chi connectivity index (χ0v) is 14.4. The summed E-state index contributed by atoms with van der Waals surface area (Å²) in [6, 6.07) is 16.3. The number of amides is 1. The van der Waals surface area contributed by atoms with Crippen molar-refractivity contribution < 1.29 is 14.3 Å². The molecule has 2 aromatic rings. The third-order valence-corrected chi connectivity index (χ3v) is 4.33. The SMILES string of the molecule is Cc1cc(C#N)ccc1C1CC(=O)C=CN1C(=O)OCc1ccccc1. The fourth-order valence-corrected chi connectivity index (χ4v) is 2.99. The van der Waals surface area contributed by atoms with Crippen LogP contribution in [-0.4, -0.2) is 16.8 Å². The molecule has 0 aromatic heterocycles. The van der Waals surface area contributed by atoms with Gasteiger partial charge in [-0.05, 0) is 41.8 Å². The first-order valence-corrected chi connectivity index (χ1v) is 8.29. The summed E-state index contributed by atoms with van der Waals surface area (Å²) in [5, 5.41) is 9.02. The van der Waals surface area contributed by atoms with Gasteiger partial charge in [0.2, 0.25) is 0 Å². The molecular weight excluding hydrogens is 328 g/mol. The molecule has 0 saturated heterocycles. The minimum Gasteiger partial charge on any atom is -0.444 e. The maximum atomic E-state index is 12.6. The second-order valence-electron chi connectivity index (χ2n) is 6.13. The Hall–Kier alpha value is -3.39. The normalized spacial score (nSPS) is 16.2. The van der Waals surface area contributed by atoms with Gasteiger partial charge in [0.25, 0.3) is 0 Å². The van der Waals surface area contributed by atoms with E-state index in [9.17, 15) is 9.59 Å². The first-order valence-electron chi connectivity index (χ1n) is 8.29. The summed E-state index contributed by atoms with van der Waals surface area (Å²) in [6.45, 7) is 2.03. The fourth-order valence-electron chi connectivity index (χ4n) is 2.99. The standard InChI is InChI=1S/C21H18N2O3/c1-15-11-17(13-22)7-8-19(15)20-12-18(24)9-10-23(20)21(25)26-14-16-5-3-2-4-6-16/h2-11,20H,12,14H2,1H3. The van der Waals surface area contributed by atoms with E-state index in [0.717, 1.165) is 16.7 Å². The lowest BCUT2D eigenvalue weighted by atomic mass is 9.93. The molecule has 0 radical (unpaired) electrons. The van der Waals surface area contributed by atoms with Gasteiger partial charge < -0.3 is 4.74 Å². The number of ether oxygens (including phenoxy) is 1. The predicted octanol–water partition coefficient (Wildman–Crippen LogP) is 4.03. The van der Waals surface area contributed by atoms with Gasteiger partial charge in [0.1, 0.15) is 6.61 Å². The van der Waals surface area contributed by atoms with Crippen molar-refractivity contribution in [1.29, 1.82) is 5.26 Å². The van der Waals surface area contributed by atoms with Crippen LogP contribution in [0.3, 0.4) is 0 Å². The van der Waals surface area contributed by atoms with Crippen LogP contribution in [-0.2, 0) is 16.1 Å². The summed E-state index contributed by atoms with van der Waals surface area (Å²) in [4.78, 5) is 25.9. The Bertz CT molecular complexity index is 897. The van der Waals surface area contributed by atoms with Crippen molar-refractivity contribution in [2.24, 2.45) is 0 Å². The van der Waals surface area contributed by atoms with Crippen molar-refractivity contribution in [3.05, 3.63) is 83.1 Å². The van der Waals surface area contributed by atoms with Crippen molar-refractivity contribution in [2.45, 2.75) is 26.0 Å². The number of aryl methyl sites for hydroxylation is 1. The van der Waals surface area contributed by atoms with E-state index in [4.69, 9.17) is 10.00 Å². The summed E-state index contributed by atoms with van der Waals surface area (Å²) in [5.74, 6) is -0.0501. The second kappa shape index (κ2) is 7.66. The molecule has 0 aliphatic carbocycles. The maximum absolute atomic E-state index is 12.6. The van der Waals surface area contributed by atoms with Gasteiger partial charge in [-0.2, -0.15) is 5.26 Å². The number of carbonyl (C=O) groups excluding carboxylic acids is 2. The molecule has 1 aliphatic heterocycles. The number of benzene rings is 2. The highest BCUT2D eigenvalue weighted by molar-refractivity contribution is 5.92. The number of hydrogen-bond donors (Lipinski definition) is 0. The Balaban J connectivity index is 1.81. The molecule has 130 valence electrons. The van der Waals surface area contributed by atoms with Crippen LogP contribution in [0.1, 0.15) is 34.7 Å². The number of allylic oxidation sites excluding steroid dienone is 1. The predicted molar refractivity (Wildman–Crippen MR) is 95.9 cm³/mol. The third kappa shape index (κ3) is 3.81. The van der Waals surface area contributed by atoms with E-state index in [-0.39, 0.29) is 18.8 Å². The molecule has 0 bridgehead atoms. The molecule has 1 amide bonds. The Morgan fingerprint density at radius 2 is 2.04 bits per heavy atom. The molecule has 0 N–H and O–H groups in total. The highest BCUT2D eigenvalue weighted by Gasteiger charge is 2.30. The zero-order valence-electron chi connectivity index (χ0n) is 14.4. The average Bonchev–Trinajstić information content (AvgIpc) is 2.66. The first kappa shape index (κ1) is 17.4. The average molecular weight is 346 g/mol. The molecule has 5 heteroatoms. The van der Waals surface area contributed by atoms with Crippen molar-refractivity contribution in [3.8, 4) is 6.07 Å². The minimum atomic E-state index is -0.508. The Morgan fingerprint density at radius 3 is 2.73 bits per heavy atom. The molecule has 2 aromatic carbocycles. The second-order valence-corrected chi connectivity index (χ2v) is 6.13. The molecular formula is C21H18N2O3. The van der Waals surface area contributed by atoms with E-state index in [0.29, 0.717) is 5.56 Å². The first-order chi connectivity index (χ1) is 12.6. The van der Waals surface area contributed by atoms with Gasteiger partial charge >= 0.3 is 6.09 Å². The lowest BCUT2D eigenvalue weighted by Gasteiger charge is -2.31. The molecule has 5 nitrogen and oxygen atoms in total. The van der Waals surface area contributed by atoms with Crippen molar-refractivity contribution in [1.82, 2.24) is 4.90 Å². The van der Waals surface area contributed by atoms with Gasteiger partial charge in [0.15, 0.2) is 5.78 Å². The molecule has 0 saturated carbocycles. The molecule has 1 atom stereocenters. The summed E-state index contributed by atoms with van der Waals surface area (Å²) in [5.41, 5.74) is 3.13. The smallest absolute Gasteiger partial charge is 0.414 e. The van der Waals surface area contributed by atoms with E-state index >= 15 is 0 Å². The van der Waals surface area contributed by atoms with Crippen molar-refractivity contribution in [3.63, 3.8) is 0 Å². The number of carbonyl (C=O) groups is 2. The summed E-state index contributed by atoms with van der Waals surface area (Å²) >= 11 is 0. The van der Waals surface area contributed by atoms with E-state index in [2.05, 4.69) is 6.07 Å². The van der Waals surface area contributed by atoms with Crippen molar-refractivity contribution >= 4 is 11.9 Å². The van der Waals surface area contributed by atoms with Gasteiger partial charge in [-0.25, -0.2) is 4.79 Å². The van der Waals surface area contributed by atoms with Gasteiger partial charge in [-0.3, -0.25) is 9.69 Å². The van der Waals surface area contributed by atoms with Crippen LogP contribution in [0.4, 0.5) is 4.79 Å². The van der Waals surface area contributed by atoms with Crippen LogP contribution in [0.15, 0.2) is 60.8 Å². The Kier molecular flexibility index (Phi) is 5.14. The quantitative estimate of drug-likeness (QED) is 0.841. The van der Waals surface area contributed by atoms with Gasteiger partial charge in [0, 0.05) is 12.6 Å².